The minimum atomic E-state index is -4.67. The van der Waals surface area contributed by atoms with Crippen LogP contribution in [0.4, 0.5) is 26.3 Å². The largest absolute Gasteiger partial charge is 0.437 e. The van der Waals surface area contributed by atoms with Crippen LogP contribution in [-0.2, 0) is 12.7 Å². The fraction of sp³-hybridized carbons (Fsp3) is 0.625. The first kappa shape index (κ1) is 13.8. The quantitative estimate of drug-likeness (QED) is 0.851. The molecule has 1 rings (SSSR count). The summed E-state index contributed by atoms with van der Waals surface area (Å²) in [7, 11) is 0. The van der Waals surface area contributed by atoms with Gasteiger partial charge in [0, 0.05) is 5.56 Å². The molecule has 0 spiro atoms. The predicted molar refractivity (Wildman–Crippen MR) is 44.0 cm³/mol. The van der Waals surface area contributed by atoms with Crippen LogP contribution in [0.5, 0.6) is 0 Å². The molecule has 0 saturated carbocycles. The number of rotatable bonds is 3. The maximum atomic E-state index is 12.3. The van der Waals surface area contributed by atoms with Crippen molar-refractivity contribution < 1.29 is 30.9 Å². The molecular weight excluding hydrogens is 254 g/mol. The SMILES string of the molecule is Cc1c(C(F)(F)F)noc1CNCC(F)(F)F. The second kappa shape index (κ2) is 4.55. The number of alkyl halides is 6. The van der Waals surface area contributed by atoms with Gasteiger partial charge in [-0.1, -0.05) is 5.16 Å². The van der Waals surface area contributed by atoms with Crippen LogP contribution in [0.3, 0.4) is 0 Å². The minimum absolute atomic E-state index is 0.262. The second-order valence-corrected chi connectivity index (χ2v) is 3.30. The molecule has 0 unspecified atom stereocenters. The van der Waals surface area contributed by atoms with Crippen LogP contribution < -0.4 is 5.32 Å². The molecule has 0 aliphatic heterocycles. The Morgan fingerprint density at radius 1 is 1.18 bits per heavy atom. The number of halogens is 6. The van der Waals surface area contributed by atoms with Crippen molar-refractivity contribution in [2.75, 3.05) is 6.54 Å². The van der Waals surface area contributed by atoms with Crippen LogP contribution in [0.25, 0.3) is 0 Å². The van der Waals surface area contributed by atoms with Crippen molar-refractivity contribution in [3.8, 4) is 0 Å². The highest BCUT2D eigenvalue weighted by atomic mass is 19.4. The van der Waals surface area contributed by atoms with E-state index in [0.29, 0.717) is 0 Å². The van der Waals surface area contributed by atoms with Gasteiger partial charge in [0.05, 0.1) is 13.1 Å². The number of nitrogens with one attached hydrogen (secondary N) is 1. The van der Waals surface area contributed by atoms with E-state index in [4.69, 9.17) is 0 Å². The predicted octanol–water partition coefficient (Wildman–Crippen LogP) is 2.65. The highest BCUT2D eigenvalue weighted by molar-refractivity contribution is 5.23. The molecular formula is C8H8F6N2O. The van der Waals surface area contributed by atoms with Crippen LogP contribution in [0.1, 0.15) is 17.0 Å². The first-order chi connectivity index (χ1) is 7.61. The molecule has 0 amide bonds. The van der Waals surface area contributed by atoms with Crippen molar-refractivity contribution in [1.29, 1.82) is 0 Å². The van der Waals surface area contributed by atoms with Crippen LogP contribution in [0.2, 0.25) is 0 Å². The third-order valence-corrected chi connectivity index (χ3v) is 1.90. The Balaban J connectivity index is 2.65. The first-order valence-corrected chi connectivity index (χ1v) is 4.41. The van der Waals surface area contributed by atoms with Crippen molar-refractivity contribution >= 4 is 0 Å². The Labute approximate surface area is 91.8 Å². The van der Waals surface area contributed by atoms with E-state index in [2.05, 4.69) is 9.68 Å². The van der Waals surface area contributed by atoms with E-state index in [1.54, 1.807) is 0 Å². The Morgan fingerprint density at radius 3 is 2.18 bits per heavy atom. The topological polar surface area (TPSA) is 38.1 Å². The monoisotopic (exact) mass is 262 g/mol. The molecule has 0 atom stereocenters. The molecule has 1 aromatic heterocycles. The van der Waals surface area contributed by atoms with Gasteiger partial charge in [-0.05, 0) is 6.92 Å². The lowest BCUT2D eigenvalue weighted by Crippen LogP contribution is -2.28. The summed E-state index contributed by atoms with van der Waals surface area (Å²) >= 11 is 0. The summed E-state index contributed by atoms with van der Waals surface area (Å²) in [4.78, 5) is 0. The zero-order valence-electron chi connectivity index (χ0n) is 8.54. The van der Waals surface area contributed by atoms with Gasteiger partial charge in [-0.3, -0.25) is 0 Å². The second-order valence-electron chi connectivity index (χ2n) is 3.30. The molecule has 9 heteroatoms. The molecule has 0 aromatic carbocycles. The normalized spacial score (nSPS) is 13.1. The Hall–Kier alpha value is -1.25. The van der Waals surface area contributed by atoms with Crippen LogP contribution in [-0.4, -0.2) is 17.9 Å². The van der Waals surface area contributed by atoms with Crippen molar-refractivity contribution in [1.82, 2.24) is 10.5 Å². The van der Waals surface area contributed by atoms with E-state index >= 15 is 0 Å². The maximum absolute atomic E-state index is 12.3. The van der Waals surface area contributed by atoms with Gasteiger partial charge in [0.2, 0.25) is 0 Å². The molecule has 17 heavy (non-hydrogen) atoms. The van der Waals surface area contributed by atoms with Gasteiger partial charge in [0.25, 0.3) is 0 Å². The van der Waals surface area contributed by atoms with Crippen molar-refractivity contribution in [3.63, 3.8) is 0 Å². The Morgan fingerprint density at radius 2 is 1.76 bits per heavy atom. The zero-order valence-corrected chi connectivity index (χ0v) is 8.54. The van der Waals surface area contributed by atoms with Crippen LogP contribution in [0, 0.1) is 6.92 Å². The van der Waals surface area contributed by atoms with Gasteiger partial charge in [0.15, 0.2) is 11.5 Å². The van der Waals surface area contributed by atoms with Crippen LogP contribution >= 0.6 is 0 Å². The first-order valence-electron chi connectivity index (χ1n) is 4.41. The zero-order chi connectivity index (χ0) is 13.3. The van der Waals surface area contributed by atoms with Crippen LogP contribution in [0.15, 0.2) is 4.52 Å². The molecule has 1 N–H and O–H groups in total. The molecule has 1 heterocycles. The van der Waals surface area contributed by atoms with E-state index in [0.717, 1.165) is 6.92 Å². The number of nitrogens with zero attached hydrogens (tertiary/aromatic N) is 1. The molecule has 1 aromatic rings. The van der Waals surface area contributed by atoms with E-state index in [1.807, 2.05) is 5.32 Å². The van der Waals surface area contributed by atoms with Crippen molar-refractivity contribution in [2.45, 2.75) is 25.8 Å². The fourth-order valence-corrected chi connectivity index (χ4v) is 1.12. The third kappa shape index (κ3) is 3.91. The molecule has 0 aliphatic rings. The van der Waals surface area contributed by atoms with Gasteiger partial charge in [-0.15, -0.1) is 0 Å². The van der Waals surface area contributed by atoms with Gasteiger partial charge in [-0.2, -0.15) is 26.3 Å². The molecule has 3 nitrogen and oxygen atoms in total. The average Bonchev–Trinajstić information content (AvgIpc) is 2.44. The van der Waals surface area contributed by atoms with Gasteiger partial charge >= 0.3 is 12.4 Å². The Bertz CT molecular complexity index is 380. The summed E-state index contributed by atoms with van der Waals surface area (Å²) < 4.78 is 76.4. The van der Waals surface area contributed by atoms with Gasteiger partial charge in [0.1, 0.15) is 0 Å². The van der Waals surface area contributed by atoms with E-state index in [9.17, 15) is 26.3 Å². The fourth-order valence-electron chi connectivity index (χ4n) is 1.12. The number of aromatic nitrogens is 1. The van der Waals surface area contributed by atoms with E-state index < -0.39 is 31.1 Å². The lowest BCUT2D eigenvalue weighted by Gasteiger charge is -2.06. The molecule has 0 aliphatic carbocycles. The average molecular weight is 262 g/mol. The van der Waals surface area contributed by atoms with E-state index in [1.165, 1.54) is 0 Å². The molecule has 98 valence electrons. The molecule has 0 bridgehead atoms. The lowest BCUT2D eigenvalue weighted by atomic mass is 10.2. The Kier molecular flexibility index (Phi) is 3.70. The highest BCUT2D eigenvalue weighted by Gasteiger charge is 2.37. The highest BCUT2D eigenvalue weighted by Crippen LogP contribution is 2.31. The maximum Gasteiger partial charge on any atom is 0.437 e. The van der Waals surface area contributed by atoms with E-state index in [-0.39, 0.29) is 11.3 Å². The summed E-state index contributed by atoms with van der Waals surface area (Å²) in [6.07, 6.45) is -9.10. The van der Waals surface area contributed by atoms with Crippen molar-refractivity contribution in [3.05, 3.63) is 17.0 Å². The lowest BCUT2D eigenvalue weighted by molar-refractivity contribution is -0.143. The van der Waals surface area contributed by atoms with Gasteiger partial charge in [-0.25, -0.2) is 0 Å². The third-order valence-electron chi connectivity index (χ3n) is 1.90. The summed E-state index contributed by atoms with van der Waals surface area (Å²) in [5.74, 6) is -0.262. The summed E-state index contributed by atoms with van der Waals surface area (Å²) in [5.41, 5.74) is -1.53. The summed E-state index contributed by atoms with van der Waals surface area (Å²) in [6, 6.07) is 0. The number of hydrogen-bond donors (Lipinski definition) is 1. The van der Waals surface area contributed by atoms with Crippen molar-refractivity contribution in [2.24, 2.45) is 0 Å². The summed E-state index contributed by atoms with van der Waals surface area (Å²) in [6.45, 7) is -0.688. The molecule has 0 fully saturated rings. The minimum Gasteiger partial charge on any atom is -0.359 e. The molecule has 0 radical (unpaired) electrons. The summed E-state index contributed by atoms with van der Waals surface area (Å²) in [5, 5.41) is 4.70. The number of hydrogen-bond acceptors (Lipinski definition) is 3. The standard InChI is InChI=1S/C8H8F6N2O/c1-4-5(2-15-3-7(9,10)11)17-16-6(4)8(12,13)14/h15H,2-3H2,1H3. The van der Waals surface area contributed by atoms with Gasteiger partial charge < -0.3 is 9.84 Å². The molecule has 0 saturated heterocycles. The smallest absolute Gasteiger partial charge is 0.359 e.